The summed E-state index contributed by atoms with van der Waals surface area (Å²) in [6.07, 6.45) is 3.41. The van der Waals surface area contributed by atoms with E-state index in [-0.39, 0.29) is 5.82 Å². The van der Waals surface area contributed by atoms with E-state index in [9.17, 15) is 4.39 Å². The van der Waals surface area contributed by atoms with Gasteiger partial charge in [-0.05, 0) is 38.4 Å². The smallest absolute Gasteiger partial charge is 0.141 e. The van der Waals surface area contributed by atoms with Crippen molar-refractivity contribution in [2.24, 2.45) is 0 Å². The number of hydrogen-bond donors (Lipinski definition) is 2. The molecule has 1 aromatic heterocycles. The summed E-state index contributed by atoms with van der Waals surface area (Å²) in [6.45, 7) is 3.20. The van der Waals surface area contributed by atoms with E-state index in [0.717, 1.165) is 25.2 Å². The van der Waals surface area contributed by atoms with Gasteiger partial charge in [-0.25, -0.2) is 9.37 Å². The summed E-state index contributed by atoms with van der Waals surface area (Å²) >= 11 is 0. The lowest BCUT2D eigenvalue weighted by Crippen LogP contribution is -2.41. The lowest BCUT2D eigenvalue weighted by molar-refractivity contribution is 0.395. The first-order valence-corrected chi connectivity index (χ1v) is 5.35. The van der Waals surface area contributed by atoms with Gasteiger partial charge >= 0.3 is 0 Å². The van der Waals surface area contributed by atoms with Crippen molar-refractivity contribution < 1.29 is 4.39 Å². The Balaban J connectivity index is 1.93. The van der Waals surface area contributed by atoms with Crippen LogP contribution >= 0.6 is 0 Å². The van der Waals surface area contributed by atoms with Crippen LogP contribution in [0.2, 0.25) is 0 Å². The molecule has 1 aromatic rings. The van der Waals surface area contributed by atoms with E-state index in [1.165, 1.54) is 12.3 Å². The Morgan fingerprint density at radius 2 is 2.40 bits per heavy atom. The van der Waals surface area contributed by atoms with Gasteiger partial charge in [0.25, 0.3) is 0 Å². The van der Waals surface area contributed by atoms with Crippen LogP contribution in [0.25, 0.3) is 0 Å². The molecule has 82 valence electrons. The van der Waals surface area contributed by atoms with Gasteiger partial charge in [-0.2, -0.15) is 0 Å². The molecule has 2 heterocycles. The number of nitrogens with zero attached hydrogens (tertiary/aromatic N) is 1. The zero-order valence-corrected chi connectivity index (χ0v) is 8.83. The van der Waals surface area contributed by atoms with E-state index in [1.807, 2.05) is 0 Å². The number of anilines is 1. The fraction of sp³-hybridized carbons (Fsp3) is 0.545. The SMILES string of the molecule is CC1CC(Nc2ccc(F)cn2)CCN1. The van der Waals surface area contributed by atoms with Gasteiger partial charge in [-0.1, -0.05) is 0 Å². The Labute approximate surface area is 89.1 Å². The molecule has 1 aliphatic heterocycles. The highest BCUT2D eigenvalue weighted by molar-refractivity contribution is 5.35. The molecular weight excluding hydrogens is 193 g/mol. The zero-order chi connectivity index (χ0) is 10.7. The van der Waals surface area contributed by atoms with Crippen LogP contribution in [-0.2, 0) is 0 Å². The normalized spacial score (nSPS) is 26.3. The monoisotopic (exact) mass is 209 g/mol. The minimum atomic E-state index is -0.292. The summed E-state index contributed by atoms with van der Waals surface area (Å²) in [5.74, 6) is 0.467. The summed E-state index contributed by atoms with van der Waals surface area (Å²) in [7, 11) is 0. The minimum absolute atomic E-state index is 0.292. The Bertz CT molecular complexity index is 312. The molecule has 2 rings (SSSR count). The highest BCUT2D eigenvalue weighted by atomic mass is 19.1. The molecule has 2 unspecified atom stereocenters. The van der Waals surface area contributed by atoms with Crippen LogP contribution < -0.4 is 10.6 Å². The molecule has 4 heteroatoms. The van der Waals surface area contributed by atoms with Crippen molar-refractivity contribution in [1.29, 1.82) is 0 Å². The molecule has 1 aliphatic rings. The quantitative estimate of drug-likeness (QED) is 0.779. The maximum Gasteiger partial charge on any atom is 0.141 e. The molecule has 15 heavy (non-hydrogen) atoms. The number of hydrogen-bond acceptors (Lipinski definition) is 3. The van der Waals surface area contributed by atoms with Gasteiger partial charge < -0.3 is 10.6 Å². The van der Waals surface area contributed by atoms with Gasteiger partial charge in [0.05, 0.1) is 6.20 Å². The summed E-state index contributed by atoms with van der Waals surface area (Å²) in [5, 5.41) is 6.71. The fourth-order valence-electron chi connectivity index (χ4n) is 1.93. The number of nitrogens with one attached hydrogen (secondary N) is 2. The van der Waals surface area contributed by atoms with E-state index in [4.69, 9.17) is 0 Å². The second kappa shape index (κ2) is 4.57. The van der Waals surface area contributed by atoms with E-state index in [1.54, 1.807) is 6.07 Å². The average Bonchev–Trinajstić information content (AvgIpc) is 2.22. The van der Waals surface area contributed by atoms with Gasteiger partial charge in [-0.3, -0.25) is 0 Å². The van der Waals surface area contributed by atoms with Crippen LogP contribution in [0.1, 0.15) is 19.8 Å². The van der Waals surface area contributed by atoms with Crippen LogP contribution in [0, 0.1) is 5.82 Å². The van der Waals surface area contributed by atoms with Gasteiger partial charge in [0.15, 0.2) is 0 Å². The number of piperidine rings is 1. The fourth-order valence-corrected chi connectivity index (χ4v) is 1.93. The molecular formula is C11H16FN3. The lowest BCUT2D eigenvalue weighted by Gasteiger charge is -2.28. The predicted octanol–water partition coefficient (Wildman–Crippen LogP) is 1.77. The lowest BCUT2D eigenvalue weighted by atomic mass is 10.0. The molecule has 0 amide bonds. The molecule has 2 N–H and O–H groups in total. The van der Waals surface area contributed by atoms with Crippen molar-refractivity contribution in [2.75, 3.05) is 11.9 Å². The predicted molar refractivity (Wildman–Crippen MR) is 58.3 cm³/mol. The Morgan fingerprint density at radius 1 is 1.53 bits per heavy atom. The number of pyridine rings is 1. The van der Waals surface area contributed by atoms with Crippen LogP contribution in [0.5, 0.6) is 0 Å². The van der Waals surface area contributed by atoms with E-state index < -0.39 is 0 Å². The number of rotatable bonds is 2. The number of aromatic nitrogens is 1. The second-order valence-electron chi connectivity index (χ2n) is 4.08. The van der Waals surface area contributed by atoms with Gasteiger partial charge in [0.2, 0.25) is 0 Å². The molecule has 0 radical (unpaired) electrons. The molecule has 0 saturated carbocycles. The Kier molecular flexibility index (Phi) is 3.16. The second-order valence-corrected chi connectivity index (χ2v) is 4.08. The van der Waals surface area contributed by atoms with Crippen LogP contribution in [-0.4, -0.2) is 23.6 Å². The van der Waals surface area contributed by atoms with Gasteiger partial charge in [0.1, 0.15) is 11.6 Å². The van der Waals surface area contributed by atoms with Crippen molar-refractivity contribution in [3.05, 3.63) is 24.1 Å². The molecule has 0 bridgehead atoms. The Hall–Kier alpha value is -1.16. The van der Waals surface area contributed by atoms with Crippen molar-refractivity contribution in [3.8, 4) is 0 Å². The van der Waals surface area contributed by atoms with Crippen molar-refractivity contribution in [2.45, 2.75) is 31.8 Å². The Morgan fingerprint density at radius 3 is 3.07 bits per heavy atom. The number of halogens is 1. The third-order valence-electron chi connectivity index (χ3n) is 2.70. The van der Waals surface area contributed by atoms with Gasteiger partial charge in [0, 0.05) is 12.1 Å². The molecule has 0 aliphatic carbocycles. The standard InChI is InChI=1S/C11H16FN3/c1-8-6-10(4-5-13-8)15-11-3-2-9(12)7-14-11/h2-3,7-8,10,13H,4-6H2,1H3,(H,14,15). The summed E-state index contributed by atoms with van der Waals surface area (Å²) in [6, 6.07) is 4.10. The maximum absolute atomic E-state index is 12.6. The molecule has 1 fully saturated rings. The molecule has 0 aromatic carbocycles. The molecule has 3 nitrogen and oxygen atoms in total. The topological polar surface area (TPSA) is 37.0 Å². The van der Waals surface area contributed by atoms with E-state index >= 15 is 0 Å². The molecule has 2 atom stereocenters. The average molecular weight is 209 g/mol. The zero-order valence-electron chi connectivity index (χ0n) is 8.83. The first-order valence-electron chi connectivity index (χ1n) is 5.35. The van der Waals surface area contributed by atoms with E-state index in [2.05, 4.69) is 22.5 Å². The third-order valence-corrected chi connectivity index (χ3v) is 2.70. The highest BCUT2D eigenvalue weighted by Crippen LogP contribution is 2.14. The van der Waals surface area contributed by atoms with Crippen LogP contribution in [0.15, 0.2) is 18.3 Å². The summed E-state index contributed by atoms with van der Waals surface area (Å²) < 4.78 is 12.6. The van der Waals surface area contributed by atoms with Gasteiger partial charge in [-0.15, -0.1) is 0 Å². The van der Waals surface area contributed by atoms with Crippen molar-refractivity contribution >= 4 is 5.82 Å². The van der Waals surface area contributed by atoms with Crippen LogP contribution in [0.3, 0.4) is 0 Å². The highest BCUT2D eigenvalue weighted by Gasteiger charge is 2.17. The molecule has 0 spiro atoms. The minimum Gasteiger partial charge on any atom is -0.367 e. The summed E-state index contributed by atoms with van der Waals surface area (Å²) in [4.78, 5) is 3.99. The molecule has 1 saturated heterocycles. The first kappa shape index (κ1) is 10.4. The summed E-state index contributed by atoms with van der Waals surface area (Å²) in [5.41, 5.74) is 0. The first-order chi connectivity index (χ1) is 7.24. The third kappa shape index (κ3) is 2.89. The van der Waals surface area contributed by atoms with Crippen molar-refractivity contribution in [1.82, 2.24) is 10.3 Å². The van der Waals surface area contributed by atoms with Crippen LogP contribution in [0.4, 0.5) is 10.2 Å². The van der Waals surface area contributed by atoms with E-state index in [0.29, 0.717) is 12.1 Å². The maximum atomic E-state index is 12.6. The van der Waals surface area contributed by atoms with Crippen molar-refractivity contribution in [3.63, 3.8) is 0 Å². The largest absolute Gasteiger partial charge is 0.367 e.